The van der Waals surface area contributed by atoms with Gasteiger partial charge in [-0.1, -0.05) is 6.58 Å². The van der Waals surface area contributed by atoms with Crippen LogP contribution >= 0.6 is 0 Å². The van der Waals surface area contributed by atoms with Crippen LogP contribution in [0.2, 0.25) is 0 Å². The summed E-state index contributed by atoms with van der Waals surface area (Å²) in [6, 6.07) is 0. The van der Waals surface area contributed by atoms with E-state index >= 15 is 0 Å². The van der Waals surface area contributed by atoms with Crippen molar-refractivity contribution < 1.29 is 19.7 Å². The lowest BCUT2D eigenvalue weighted by molar-refractivity contribution is -0.167. The molecular formula is C9H16O4. The minimum Gasteiger partial charge on any atom is -0.459 e. The Morgan fingerprint density at radius 1 is 1.46 bits per heavy atom. The van der Waals surface area contributed by atoms with Gasteiger partial charge in [-0.15, -0.1) is 0 Å². The van der Waals surface area contributed by atoms with Crippen LogP contribution in [0.5, 0.6) is 0 Å². The Balaban J connectivity index is 4.19. The summed E-state index contributed by atoms with van der Waals surface area (Å²) in [4.78, 5) is 10.7. The van der Waals surface area contributed by atoms with Crippen molar-refractivity contribution in [2.45, 2.75) is 32.0 Å². The van der Waals surface area contributed by atoms with Crippen molar-refractivity contribution in [3.8, 4) is 0 Å². The predicted octanol–water partition coefficient (Wildman–Crippen LogP) is 0.237. The van der Waals surface area contributed by atoms with Crippen molar-refractivity contribution >= 4 is 5.97 Å². The molecule has 76 valence electrons. The second-order valence-electron chi connectivity index (χ2n) is 3.64. The first-order valence-corrected chi connectivity index (χ1v) is 3.94. The summed E-state index contributed by atoms with van der Waals surface area (Å²) in [6.45, 7) is 7.21. The Morgan fingerprint density at radius 3 is 2.23 bits per heavy atom. The maximum Gasteiger partial charge on any atom is 0.330 e. The van der Waals surface area contributed by atoms with Gasteiger partial charge in [0.25, 0.3) is 0 Å². The monoisotopic (exact) mass is 188 g/mol. The Bertz CT molecular complexity index is 200. The largest absolute Gasteiger partial charge is 0.459 e. The summed E-state index contributed by atoms with van der Waals surface area (Å²) in [5, 5.41) is 19.1. The number of rotatable bonds is 4. The van der Waals surface area contributed by atoms with Crippen molar-refractivity contribution in [1.29, 1.82) is 0 Å². The third-order valence-corrected chi connectivity index (χ3v) is 1.98. The fraction of sp³-hybridized carbons (Fsp3) is 0.667. The van der Waals surface area contributed by atoms with Crippen LogP contribution in [0.15, 0.2) is 12.7 Å². The van der Waals surface area contributed by atoms with E-state index in [-0.39, 0.29) is 6.61 Å². The van der Waals surface area contributed by atoms with E-state index in [9.17, 15) is 15.0 Å². The number of carbonyl (C=O) groups is 1. The maximum atomic E-state index is 10.7. The van der Waals surface area contributed by atoms with E-state index in [1.165, 1.54) is 20.8 Å². The minimum atomic E-state index is -1.47. The highest BCUT2D eigenvalue weighted by atomic mass is 16.5. The summed E-state index contributed by atoms with van der Waals surface area (Å²) in [6.07, 6.45) is 1.00. The van der Waals surface area contributed by atoms with Gasteiger partial charge in [0.1, 0.15) is 12.2 Å². The summed E-state index contributed by atoms with van der Waals surface area (Å²) < 4.78 is 4.62. The molecule has 0 aliphatic rings. The molecule has 0 aromatic rings. The van der Waals surface area contributed by atoms with Gasteiger partial charge in [0, 0.05) is 6.08 Å². The van der Waals surface area contributed by atoms with Gasteiger partial charge in [0.05, 0.1) is 5.60 Å². The van der Waals surface area contributed by atoms with E-state index in [0.29, 0.717) is 0 Å². The van der Waals surface area contributed by atoms with Gasteiger partial charge >= 0.3 is 5.97 Å². The SMILES string of the molecule is C=CC(=O)OCC(C)(O)C(C)(C)O. The molecule has 0 radical (unpaired) electrons. The Hall–Kier alpha value is -0.870. The number of hydrogen-bond acceptors (Lipinski definition) is 4. The molecule has 0 aromatic carbocycles. The minimum absolute atomic E-state index is 0.263. The molecule has 0 aromatic heterocycles. The van der Waals surface area contributed by atoms with E-state index in [0.717, 1.165) is 6.08 Å². The first-order chi connectivity index (χ1) is 5.70. The average Bonchev–Trinajstić information content (AvgIpc) is 1.98. The first kappa shape index (κ1) is 12.1. The molecule has 0 spiro atoms. The quantitative estimate of drug-likeness (QED) is 0.490. The van der Waals surface area contributed by atoms with Gasteiger partial charge in [0.15, 0.2) is 0 Å². The third-order valence-electron chi connectivity index (χ3n) is 1.98. The molecule has 1 unspecified atom stereocenters. The molecule has 0 heterocycles. The van der Waals surface area contributed by atoms with Gasteiger partial charge in [-0.2, -0.15) is 0 Å². The Kier molecular flexibility index (Phi) is 3.63. The van der Waals surface area contributed by atoms with Crippen molar-refractivity contribution in [3.63, 3.8) is 0 Å². The molecule has 2 N–H and O–H groups in total. The lowest BCUT2D eigenvalue weighted by Crippen LogP contribution is -2.51. The van der Waals surface area contributed by atoms with Gasteiger partial charge < -0.3 is 14.9 Å². The van der Waals surface area contributed by atoms with Crippen LogP contribution < -0.4 is 0 Å². The van der Waals surface area contributed by atoms with E-state index in [1.807, 2.05) is 0 Å². The average molecular weight is 188 g/mol. The van der Waals surface area contributed by atoms with E-state index in [4.69, 9.17) is 0 Å². The second kappa shape index (κ2) is 3.89. The van der Waals surface area contributed by atoms with Crippen LogP contribution in [0.1, 0.15) is 20.8 Å². The molecule has 0 saturated carbocycles. The lowest BCUT2D eigenvalue weighted by Gasteiger charge is -2.34. The zero-order valence-electron chi connectivity index (χ0n) is 8.20. The second-order valence-corrected chi connectivity index (χ2v) is 3.64. The number of carbonyl (C=O) groups excluding carboxylic acids is 1. The van der Waals surface area contributed by atoms with Crippen molar-refractivity contribution in [2.24, 2.45) is 0 Å². The van der Waals surface area contributed by atoms with E-state index in [1.54, 1.807) is 0 Å². The summed E-state index contributed by atoms with van der Waals surface area (Å²) in [5.41, 5.74) is -2.79. The molecule has 0 aliphatic heterocycles. The molecule has 0 rings (SSSR count). The van der Waals surface area contributed by atoms with Crippen molar-refractivity contribution in [2.75, 3.05) is 6.61 Å². The molecule has 0 amide bonds. The third kappa shape index (κ3) is 3.57. The molecular weight excluding hydrogens is 172 g/mol. The molecule has 0 fully saturated rings. The maximum absolute atomic E-state index is 10.7. The zero-order valence-corrected chi connectivity index (χ0v) is 8.20. The van der Waals surface area contributed by atoms with Gasteiger partial charge in [-0.3, -0.25) is 0 Å². The Labute approximate surface area is 77.8 Å². The highest BCUT2D eigenvalue weighted by Gasteiger charge is 2.38. The number of aliphatic hydroxyl groups is 2. The highest BCUT2D eigenvalue weighted by Crippen LogP contribution is 2.21. The molecule has 13 heavy (non-hydrogen) atoms. The lowest BCUT2D eigenvalue weighted by atomic mass is 9.89. The van der Waals surface area contributed by atoms with Crippen molar-refractivity contribution in [3.05, 3.63) is 12.7 Å². The molecule has 4 heteroatoms. The summed E-state index contributed by atoms with van der Waals surface area (Å²) in [7, 11) is 0. The van der Waals surface area contributed by atoms with Crippen LogP contribution in [0.25, 0.3) is 0 Å². The summed E-state index contributed by atoms with van der Waals surface area (Å²) >= 11 is 0. The fourth-order valence-electron chi connectivity index (χ4n) is 0.447. The number of hydrogen-bond donors (Lipinski definition) is 2. The predicted molar refractivity (Wildman–Crippen MR) is 48.1 cm³/mol. The topological polar surface area (TPSA) is 66.8 Å². The zero-order chi connectivity index (χ0) is 10.7. The van der Waals surface area contributed by atoms with Crippen LogP contribution in [-0.2, 0) is 9.53 Å². The normalized spacial score (nSPS) is 16.1. The van der Waals surface area contributed by atoms with E-state index < -0.39 is 17.2 Å². The molecule has 1 atom stereocenters. The van der Waals surface area contributed by atoms with Gasteiger partial charge in [-0.25, -0.2) is 4.79 Å². The van der Waals surface area contributed by atoms with Crippen LogP contribution in [-0.4, -0.2) is 34.0 Å². The molecule has 0 bridgehead atoms. The molecule has 0 aliphatic carbocycles. The summed E-state index contributed by atoms with van der Waals surface area (Å²) in [5.74, 6) is -0.621. The standard InChI is InChI=1S/C9H16O4/c1-5-7(10)13-6-9(4,12)8(2,3)11/h5,11-12H,1,6H2,2-4H3. The highest BCUT2D eigenvalue weighted by molar-refractivity contribution is 5.81. The smallest absolute Gasteiger partial charge is 0.330 e. The van der Waals surface area contributed by atoms with Crippen LogP contribution in [0, 0.1) is 0 Å². The number of ether oxygens (including phenoxy) is 1. The first-order valence-electron chi connectivity index (χ1n) is 3.94. The van der Waals surface area contributed by atoms with Crippen molar-refractivity contribution in [1.82, 2.24) is 0 Å². The van der Waals surface area contributed by atoms with Crippen LogP contribution in [0.3, 0.4) is 0 Å². The van der Waals surface area contributed by atoms with Gasteiger partial charge in [-0.05, 0) is 20.8 Å². The number of esters is 1. The Morgan fingerprint density at radius 2 is 1.92 bits per heavy atom. The van der Waals surface area contributed by atoms with Crippen LogP contribution in [0.4, 0.5) is 0 Å². The van der Waals surface area contributed by atoms with Gasteiger partial charge in [0.2, 0.25) is 0 Å². The molecule has 4 nitrogen and oxygen atoms in total. The fourth-order valence-corrected chi connectivity index (χ4v) is 0.447. The molecule has 0 saturated heterocycles. The van der Waals surface area contributed by atoms with E-state index in [2.05, 4.69) is 11.3 Å².